The van der Waals surface area contributed by atoms with Gasteiger partial charge in [0.1, 0.15) is 0 Å². The molecule has 0 amide bonds. The molecule has 0 heterocycles. The SMILES string of the molecule is [Zr][N](c1ccccc1)c1ccccc1. The molecule has 67 valence electrons. The number of anilines is 2. The molecule has 2 aromatic rings. The molecule has 2 rings (SSSR count). The summed E-state index contributed by atoms with van der Waals surface area (Å²) in [4.78, 5) is 0. The van der Waals surface area contributed by atoms with E-state index in [1.54, 1.807) is 0 Å². The summed E-state index contributed by atoms with van der Waals surface area (Å²) < 4.78 is 2.26. The van der Waals surface area contributed by atoms with Gasteiger partial charge in [0.2, 0.25) is 0 Å². The van der Waals surface area contributed by atoms with Crippen LogP contribution in [0.4, 0.5) is 11.4 Å². The second kappa shape index (κ2) is 4.57. The van der Waals surface area contributed by atoms with Crippen LogP contribution in [0, 0.1) is 0 Å². The fourth-order valence-electron chi connectivity index (χ4n) is 1.30. The zero-order valence-electron chi connectivity index (χ0n) is 7.72. The number of hydrogen-bond donors (Lipinski definition) is 0. The van der Waals surface area contributed by atoms with Crippen molar-refractivity contribution in [2.75, 3.05) is 2.84 Å². The Labute approximate surface area is 99.6 Å². The molecule has 0 aromatic heterocycles. The number of nitrogens with zero attached hydrogens (tertiary/aromatic N) is 1. The maximum atomic E-state index is 2.26. The summed E-state index contributed by atoms with van der Waals surface area (Å²) in [5.74, 6) is 0. The Balaban J connectivity index is 2.30. The zero-order valence-corrected chi connectivity index (χ0v) is 10.2. The van der Waals surface area contributed by atoms with Crippen molar-refractivity contribution >= 4 is 11.4 Å². The van der Waals surface area contributed by atoms with Crippen LogP contribution in [0.15, 0.2) is 60.7 Å². The maximum absolute atomic E-state index is 2.26. The summed E-state index contributed by atoms with van der Waals surface area (Å²) in [7, 11) is 0. The van der Waals surface area contributed by atoms with Crippen LogP contribution in [-0.2, 0) is 25.0 Å². The van der Waals surface area contributed by atoms with Crippen LogP contribution in [0.5, 0.6) is 0 Å². The van der Waals surface area contributed by atoms with Gasteiger partial charge in [0.25, 0.3) is 0 Å². The Morgan fingerprint density at radius 1 is 0.643 bits per heavy atom. The molecular formula is C12H10NZr. The molecule has 2 aromatic carbocycles. The van der Waals surface area contributed by atoms with E-state index in [1.807, 2.05) is 12.1 Å². The zero-order chi connectivity index (χ0) is 9.80. The molecule has 0 bridgehead atoms. The second-order valence-electron chi connectivity index (χ2n) is 3.01. The first-order valence-corrected chi connectivity index (χ1v) is 5.59. The van der Waals surface area contributed by atoms with Crippen molar-refractivity contribution in [2.45, 2.75) is 0 Å². The van der Waals surface area contributed by atoms with Gasteiger partial charge in [-0.05, 0) is 0 Å². The number of para-hydroxylation sites is 2. The first-order valence-electron chi connectivity index (χ1n) is 4.49. The Hall–Kier alpha value is -0.877. The standard InChI is InChI=1S/C12H10N.Zr/c1-3-7-11(8-4-1)13-12-9-5-2-6-10-12;/h1-10H;/q-1;+1. The normalized spacial score (nSPS) is 9.64. The fourth-order valence-corrected chi connectivity index (χ4v) is 2.04. The third kappa shape index (κ3) is 2.13. The molecule has 0 N–H and O–H groups in total. The molecule has 0 fully saturated rings. The first-order chi connectivity index (χ1) is 6.88. The number of rotatable bonds is 2. The quantitative estimate of drug-likeness (QED) is 0.800. The van der Waals surface area contributed by atoms with Crippen LogP contribution in [-0.4, -0.2) is 0 Å². The summed E-state index contributed by atoms with van der Waals surface area (Å²) >= 11 is 1.38. The van der Waals surface area contributed by atoms with E-state index in [4.69, 9.17) is 0 Å². The van der Waals surface area contributed by atoms with Gasteiger partial charge in [0, 0.05) is 0 Å². The van der Waals surface area contributed by atoms with Crippen molar-refractivity contribution in [1.29, 1.82) is 0 Å². The van der Waals surface area contributed by atoms with Crippen LogP contribution < -0.4 is 2.84 Å². The van der Waals surface area contributed by atoms with Gasteiger partial charge in [-0.1, -0.05) is 0 Å². The molecule has 0 saturated carbocycles. The van der Waals surface area contributed by atoms with Gasteiger partial charge in [-0.2, -0.15) is 0 Å². The molecule has 0 aliphatic rings. The van der Waals surface area contributed by atoms with Crippen molar-refractivity contribution in [2.24, 2.45) is 0 Å². The van der Waals surface area contributed by atoms with Crippen LogP contribution in [0.25, 0.3) is 0 Å². The first kappa shape index (κ1) is 9.67. The molecule has 0 radical (unpaired) electrons. The number of benzene rings is 2. The molecule has 1 nitrogen and oxygen atoms in total. The molecule has 0 aliphatic heterocycles. The molecular weight excluding hydrogens is 249 g/mol. The molecule has 0 saturated heterocycles. The molecule has 0 unspecified atom stereocenters. The van der Waals surface area contributed by atoms with Gasteiger partial charge in [-0.15, -0.1) is 0 Å². The molecule has 0 aliphatic carbocycles. The average Bonchev–Trinajstić information content (AvgIpc) is 2.30. The summed E-state index contributed by atoms with van der Waals surface area (Å²) in [6.45, 7) is 0. The predicted octanol–water partition coefficient (Wildman–Crippen LogP) is 3.29. The van der Waals surface area contributed by atoms with Crippen molar-refractivity contribution < 1.29 is 25.0 Å². The Kier molecular flexibility index (Phi) is 3.15. The fraction of sp³-hybridized carbons (Fsp3) is 0. The van der Waals surface area contributed by atoms with E-state index in [9.17, 15) is 0 Å². The summed E-state index contributed by atoms with van der Waals surface area (Å²) in [6, 6.07) is 20.8. The Bertz CT molecular complexity index is 346. The second-order valence-corrected chi connectivity index (χ2v) is 4.11. The monoisotopic (exact) mass is 258 g/mol. The van der Waals surface area contributed by atoms with E-state index in [2.05, 4.69) is 51.4 Å². The van der Waals surface area contributed by atoms with E-state index in [-0.39, 0.29) is 0 Å². The third-order valence-electron chi connectivity index (χ3n) is 2.03. The third-order valence-corrected chi connectivity index (χ3v) is 3.30. The molecule has 2 heteroatoms. The minimum atomic E-state index is 1.25. The topological polar surface area (TPSA) is 3.24 Å². The van der Waals surface area contributed by atoms with Crippen molar-refractivity contribution in [3.63, 3.8) is 0 Å². The van der Waals surface area contributed by atoms with E-state index in [0.717, 1.165) is 0 Å². The van der Waals surface area contributed by atoms with Crippen LogP contribution >= 0.6 is 0 Å². The van der Waals surface area contributed by atoms with Crippen molar-refractivity contribution in [3.8, 4) is 0 Å². The van der Waals surface area contributed by atoms with Crippen LogP contribution in [0.1, 0.15) is 0 Å². The van der Waals surface area contributed by atoms with Gasteiger partial charge < -0.3 is 0 Å². The molecule has 14 heavy (non-hydrogen) atoms. The summed E-state index contributed by atoms with van der Waals surface area (Å²) in [5, 5.41) is 0. The van der Waals surface area contributed by atoms with E-state index in [1.165, 1.54) is 36.4 Å². The summed E-state index contributed by atoms with van der Waals surface area (Å²) in [6.07, 6.45) is 0. The predicted molar refractivity (Wildman–Crippen MR) is 55.0 cm³/mol. The Morgan fingerprint density at radius 3 is 1.36 bits per heavy atom. The van der Waals surface area contributed by atoms with E-state index < -0.39 is 0 Å². The van der Waals surface area contributed by atoms with Crippen molar-refractivity contribution in [1.82, 2.24) is 0 Å². The van der Waals surface area contributed by atoms with Gasteiger partial charge in [-0.25, -0.2) is 0 Å². The van der Waals surface area contributed by atoms with Gasteiger partial charge in [0.15, 0.2) is 0 Å². The molecule has 0 spiro atoms. The molecule has 0 atom stereocenters. The minimum absolute atomic E-state index is 1.25. The van der Waals surface area contributed by atoms with Gasteiger partial charge >= 0.3 is 99.9 Å². The number of hydrogen-bond acceptors (Lipinski definition) is 1. The van der Waals surface area contributed by atoms with Gasteiger partial charge in [-0.3, -0.25) is 0 Å². The Morgan fingerprint density at radius 2 is 1.00 bits per heavy atom. The summed E-state index contributed by atoms with van der Waals surface area (Å²) in [5.41, 5.74) is 2.49. The van der Waals surface area contributed by atoms with Crippen LogP contribution in [0.3, 0.4) is 0 Å². The average molecular weight is 259 g/mol. The van der Waals surface area contributed by atoms with E-state index >= 15 is 0 Å². The van der Waals surface area contributed by atoms with Crippen LogP contribution in [0.2, 0.25) is 0 Å². The van der Waals surface area contributed by atoms with E-state index in [0.29, 0.717) is 0 Å². The van der Waals surface area contributed by atoms with Crippen molar-refractivity contribution in [3.05, 3.63) is 60.7 Å². The van der Waals surface area contributed by atoms with Gasteiger partial charge in [0.05, 0.1) is 0 Å².